The molecule has 2 atom stereocenters. The fourth-order valence-electron chi connectivity index (χ4n) is 6.75. The first kappa shape index (κ1) is 30.3. The van der Waals surface area contributed by atoms with Crippen molar-refractivity contribution in [3.05, 3.63) is 65.5 Å². The van der Waals surface area contributed by atoms with Crippen LogP contribution in [0.4, 0.5) is 16.2 Å². The van der Waals surface area contributed by atoms with Gasteiger partial charge in [-0.05, 0) is 75.7 Å². The number of hydrogen-bond donors (Lipinski definition) is 1. The van der Waals surface area contributed by atoms with E-state index in [1.807, 2.05) is 48.2 Å². The molecule has 0 unspecified atom stereocenters. The Labute approximate surface area is 264 Å². The molecule has 2 saturated heterocycles. The number of urea groups is 1. The number of ether oxygens (including phenoxy) is 1. The molecule has 234 valence electrons. The minimum atomic E-state index is -0.208. The molecule has 11 heteroatoms. The fraction of sp³-hybridized carbons (Fsp3) is 0.441. The van der Waals surface area contributed by atoms with Crippen molar-refractivity contribution >= 4 is 23.3 Å². The third kappa shape index (κ3) is 6.02. The summed E-state index contributed by atoms with van der Waals surface area (Å²) >= 11 is 0. The second kappa shape index (κ2) is 13.1. The number of nitrogens with one attached hydrogen (secondary N) is 1. The Bertz CT molecular complexity index is 1620. The van der Waals surface area contributed by atoms with Crippen LogP contribution >= 0.6 is 0 Å². The molecular weight excluding hydrogens is 568 g/mol. The van der Waals surface area contributed by atoms with Gasteiger partial charge in [0.05, 0.1) is 34.8 Å². The Morgan fingerprint density at radius 1 is 1.07 bits per heavy atom. The molecular formula is C34H40N8O3. The first-order chi connectivity index (χ1) is 21.9. The van der Waals surface area contributed by atoms with Crippen LogP contribution in [0.1, 0.15) is 48.3 Å². The number of hydrogen-bond acceptors (Lipinski definition) is 8. The van der Waals surface area contributed by atoms with Crippen LogP contribution in [-0.4, -0.2) is 96.7 Å². The zero-order valence-electron chi connectivity index (χ0n) is 26.2. The third-order valence-electron chi connectivity index (χ3n) is 9.02. The molecule has 3 aromatic rings. The van der Waals surface area contributed by atoms with Gasteiger partial charge in [0.25, 0.3) is 5.91 Å². The monoisotopic (exact) mass is 608 g/mol. The number of benzene rings is 1. The summed E-state index contributed by atoms with van der Waals surface area (Å²) in [5, 5.41) is 12.9. The van der Waals surface area contributed by atoms with Crippen LogP contribution in [0.2, 0.25) is 0 Å². The van der Waals surface area contributed by atoms with Gasteiger partial charge in [-0.15, -0.1) is 0 Å². The van der Waals surface area contributed by atoms with Crippen LogP contribution in [-0.2, 0) is 6.42 Å². The number of piperazine rings is 1. The summed E-state index contributed by atoms with van der Waals surface area (Å²) in [6.45, 7) is 8.31. The number of likely N-dealkylation sites (tertiary alicyclic amines) is 1. The highest BCUT2D eigenvalue weighted by molar-refractivity contribution is 5.99. The van der Waals surface area contributed by atoms with Gasteiger partial charge in [-0.1, -0.05) is 19.1 Å². The summed E-state index contributed by atoms with van der Waals surface area (Å²) in [5.41, 5.74) is 4.75. The lowest BCUT2D eigenvalue weighted by atomic mass is 10.1. The number of pyridine rings is 2. The molecule has 1 aromatic carbocycles. The highest BCUT2D eigenvalue weighted by Crippen LogP contribution is 2.35. The summed E-state index contributed by atoms with van der Waals surface area (Å²) in [4.78, 5) is 45.2. The molecule has 3 aliphatic rings. The van der Waals surface area contributed by atoms with E-state index < -0.39 is 0 Å². The molecule has 5 heterocycles. The second-order valence-electron chi connectivity index (χ2n) is 11.9. The highest BCUT2D eigenvalue weighted by atomic mass is 16.5. The molecule has 2 fully saturated rings. The molecule has 0 radical (unpaired) electrons. The summed E-state index contributed by atoms with van der Waals surface area (Å²) in [6.07, 6.45) is 4.08. The van der Waals surface area contributed by atoms with Crippen molar-refractivity contribution in [3.63, 3.8) is 0 Å². The minimum Gasteiger partial charge on any atom is -0.477 e. The van der Waals surface area contributed by atoms with Crippen molar-refractivity contribution < 1.29 is 14.3 Å². The average Bonchev–Trinajstić information content (AvgIpc) is 3.70. The number of amides is 3. The van der Waals surface area contributed by atoms with Crippen molar-refractivity contribution in [2.24, 2.45) is 0 Å². The van der Waals surface area contributed by atoms with Crippen molar-refractivity contribution in [1.29, 1.82) is 5.26 Å². The number of nitriles is 1. The molecule has 45 heavy (non-hydrogen) atoms. The number of rotatable bonds is 7. The summed E-state index contributed by atoms with van der Waals surface area (Å²) in [7, 11) is 2.06. The number of anilines is 2. The molecule has 6 rings (SSSR count). The third-order valence-corrected chi connectivity index (χ3v) is 9.02. The normalized spacial score (nSPS) is 19.7. The van der Waals surface area contributed by atoms with Crippen LogP contribution in [0, 0.1) is 11.3 Å². The Hall–Kier alpha value is -4.69. The molecule has 1 N–H and O–H groups in total. The minimum absolute atomic E-state index is 0.0230. The van der Waals surface area contributed by atoms with Gasteiger partial charge in [-0.25, -0.2) is 14.8 Å². The Morgan fingerprint density at radius 3 is 2.69 bits per heavy atom. The number of likely N-dealkylation sites (N-methyl/N-ethyl adjacent to an activating group) is 1. The van der Waals surface area contributed by atoms with Gasteiger partial charge >= 0.3 is 6.03 Å². The fourth-order valence-corrected chi connectivity index (χ4v) is 6.75. The summed E-state index contributed by atoms with van der Waals surface area (Å²) in [6, 6.07) is 15.5. The zero-order valence-corrected chi connectivity index (χ0v) is 26.2. The molecule has 0 spiro atoms. The van der Waals surface area contributed by atoms with Crippen LogP contribution in [0.5, 0.6) is 5.88 Å². The van der Waals surface area contributed by atoms with E-state index in [0.29, 0.717) is 55.6 Å². The van der Waals surface area contributed by atoms with Crippen LogP contribution in [0.15, 0.2) is 48.7 Å². The lowest BCUT2D eigenvalue weighted by molar-refractivity contribution is 0.0933. The Kier molecular flexibility index (Phi) is 8.85. The van der Waals surface area contributed by atoms with E-state index in [9.17, 15) is 14.9 Å². The molecule has 3 amide bonds. The number of para-hydroxylation sites is 1. The van der Waals surface area contributed by atoms with Crippen LogP contribution in [0.3, 0.4) is 0 Å². The van der Waals surface area contributed by atoms with Crippen LogP contribution < -0.4 is 19.9 Å². The number of carbonyl (C=O) groups is 2. The van der Waals surface area contributed by atoms with Crippen molar-refractivity contribution in [2.75, 3.05) is 62.7 Å². The molecule has 2 aromatic heterocycles. The van der Waals surface area contributed by atoms with Gasteiger partial charge in [-0.2, -0.15) is 5.26 Å². The highest BCUT2D eigenvalue weighted by Gasteiger charge is 2.36. The van der Waals surface area contributed by atoms with E-state index in [2.05, 4.69) is 40.1 Å². The maximum absolute atomic E-state index is 13.9. The predicted molar refractivity (Wildman–Crippen MR) is 173 cm³/mol. The van der Waals surface area contributed by atoms with E-state index in [1.165, 1.54) is 0 Å². The zero-order chi connectivity index (χ0) is 31.5. The van der Waals surface area contributed by atoms with Crippen molar-refractivity contribution in [2.45, 2.75) is 45.2 Å². The van der Waals surface area contributed by atoms with Gasteiger partial charge in [0, 0.05) is 51.0 Å². The smallest absolute Gasteiger partial charge is 0.324 e. The van der Waals surface area contributed by atoms with Gasteiger partial charge in [0.15, 0.2) is 5.69 Å². The predicted octanol–water partition coefficient (Wildman–Crippen LogP) is 3.93. The SMILES string of the molecule is CCOc1ncccc1-c1ccc(N2CCN(C(=O)N3CCc4cccc(C#N)c43)C[C@H]2CC)c(C(=O)N[C@@H]2CCN(C)C2)n1. The van der Waals surface area contributed by atoms with Gasteiger partial charge < -0.3 is 24.8 Å². The first-order valence-electron chi connectivity index (χ1n) is 15.9. The van der Waals surface area contributed by atoms with E-state index in [1.54, 1.807) is 17.2 Å². The first-order valence-corrected chi connectivity index (χ1v) is 15.9. The van der Waals surface area contributed by atoms with Crippen molar-refractivity contribution in [1.82, 2.24) is 25.1 Å². The number of aromatic nitrogens is 2. The van der Waals surface area contributed by atoms with E-state index in [-0.39, 0.29) is 24.0 Å². The van der Waals surface area contributed by atoms with Gasteiger partial charge in [0.1, 0.15) is 6.07 Å². The molecule has 0 saturated carbocycles. The number of nitrogens with zero attached hydrogens (tertiary/aromatic N) is 7. The lowest BCUT2D eigenvalue weighted by Gasteiger charge is -2.44. The standard InChI is InChI=1S/C34H40N8O3/c1-4-26-22-40(34(44)42-17-13-23-8-6-9-24(20-35)31(23)42)18-19-41(26)29-12-11-28(27-10-7-15-36-33(27)45-5-2)38-30(29)32(43)37-25-14-16-39(3)21-25/h6-12,15,25-26H,4-5,13-14,16-19,21-22H2,1-3H3,(H,37,43)/t25-,26-/m1/s1. The van der Waals surface area contributed by atoms with Gasteiger partial charge in [0.2, 0.25) is 5.88 Å². The maximum atomic E-state index is 13.9. The van der Waals surface area contributed by atoms with E-state index in [4.69, 9.17) is 9.72 Å². The molecule has 3 aliphatic heterocycles. The van der Waals surface area contributed by atoms with Crippen LogP contribution in [0.25, 0.3) is 11.3 Å². The second-order valence-corrected chi connectivity index (χ2v) is 11.9. The average molecular weight is 609 g/mol. The number of carbonyl (C=O) groups excluding carboxylic acids is 2. The van der Waals surface area contributed by atoms with E-state index in [0.717, 1.165) is 54.9 Å². The van der Waals surface area contributed by atoms with Gasteiger partial charge in [-0.3, -0.25) is 9.69 Å². The largest absolute Gasteiger partial charge is 0.477 e. The maximum Gasteiger partial charge on any atom is 0.324 e. The molecule has 0 aliphatic carbocycles. The lowest BCUT2D eigenvalue weighted by Crippen LogP contribution is -2.57. The quantitative estimate of drug-likeness (QED) is 0.429. The topological polar surface area (TPSA) is 118 Å². The summed E-state index contributed by atoms with van der Waals surface area (Å²) < 4.78 is 5.78. The Morgan fingerprint density at radius 2 is 1.93 bits per heavy atom. The molecule has 0 bridgehead atoms. The molecule has 11 nitrogen and oxygen atoms in total. The summed E-state index contributed by atoms with van der Waals surface area (Å²) in [5.74, 6) is 0.269. The number of fused-ring (bicyclic) bond motifs is 1. The van der Waals surface area contributed by atoms with Crippen molar-refractivity contribution in [3.8, 4) is 23.2 Å². The van der Waals surface area contributed by atoms with E-state index >= 15 is 0 Å². The Balaban J connectivity index is 1.29.